The molecule has 0 saturated heterocycles. The molecule has 0 amide bonds. The molecule has 2 heterocycles. The largest absolute Gasteiger partial charge is 0.389 e. The normalized spacial score (nSPS) is 25.1. The van der Waals surface area contributed by atoms with Gasteiger partial charge < -0.3 is 0 Å². The van der Waals surface area contributed by atoms with Crippen LogP contribution in [-0.2, 0) is 30.0 Å². The van der Waals surface area contributed by atoms with E-state index in [2.05, 4.69) is 12.1 Å². The second-order valence-electron chi connectivity index (χ2n) is 15.5. The van der Waals surface area contributed by atoms with Gasteiger partial charge in [-0.2, -0.15) is 13.2 Å². The molecule has 0 aliphatic heterocycles. The topological polar surface area (TPSA) is 68.3 Å². The van der Waals surface area contributed by atoms with Crippen LogP contribution in [0.15, 0.2) is 75.5 Å². The first-order valence-corrected chi connectivity index (χ1v) is 20.6. The van der Waals surface area contributed by atoms with Gasteiger partial charge in [0.1, 0.15) is 0 Å². The molecule has 4 nitrogen and oxygen atoms in total. The summed E-state index contributed by atoms with van der Waals surface area (Å²) in [5.41, 5.74) is 6.36. The van der Waals surface area contributed by atoms with Gasteiger partial charge in [-0.15, -0.1) is 22.7 Å². The van der Waals surface area contributed by atoms with Crippen molar-refractivity contribution in [1.82, 2.24) is 0 Å². The third-order valence-corrected chi connectivity index (χ3v) is 15.1. The van der Waals surface area contributed by atoms with Gasteiger partial charge in [-0.3, -0.25) is 19.2 Å². The van der Waals surface area contributed by atoms with Gasteiger partial charge in [0, 0.05) is 59.1 Å². The Morgan fingerprint density at radius 3 is 1.92 bits per heavy atom. The molecule has 53 heavy (non-hydrogen) atoms. The molecule has 4 saturated carbocycles. The highest BCUT2D eigenvalue weighted by molar-refractivity contribution is 7.23. The third-order valence-electron chi connectivity index (χ3n) is 12.7. The Hall–Kier alpha value is -3.95. The van der Waals surface area contributed by atoms with Gasteiger partial charge in [-0.25, -0.2) is 0 Å². The zero-order valence-electron chi connectivity index (χ0n) is 29.6. The Bertz CT molecular complexity index is 2230. The number of hydrogen-bond donors (Lipinski definition) is 0. The van der Waals surface area contributed by atoms with E-state index < -0.39 is 24.2 Å². The van der Waals surface area contributed by atoms with Crippen LogP contribution in [0.4, 0.5) is 13.2 Å². The number of thiophene rings is 2. The molecular formula is C44H39F3O4S2. The summed E-state index contributed by atoms with van der Waals surface area (Å²) in [6.45, 7) is 1.63. The fourth-order valence-corrected chi connectivity index (χ4v) is 13.1. The minimum atomic E-state index is -4.35. The molecule has 2 aromatic rings. The maximum atomic E-state index is 13.6. The number of Topliss-reactive ketones (excluding diaryl/α,β-unsaturated/α-hetero) is 4. The lowest BCUT2D eigenvalue weighted by Gasteiger charge is -2.42. The highest BCUT2D eigenvalue weighted by atomic mass is 32.1. The van der Waals surface area contributed by atoms with Crippen LogP contribution in [0.25, 0.3) is 21.9 Å². The Balaban J connectivity index is 1.14. The quantitative estimate of drug-likeness (QED) is 0.230. The Kier molecular flexibility index (Phi) is 8.24. The van der Waals surface area contributed by atoms with Crippen molar-refractivity contribution in [2.75, 3.05) is 0 Å². The summed E-state index contributed by atoms with van der Waals surface area (Å²) >= 11 is 3.39. The lowest BCUT2D eigenvalue weighted by Crippen LogP contribution is -2.35. The standard InChI is InChI=1S/C44H39F3O4S2/c1-2-26-27(14-11-19-44(45,46)47)37(49)31(36(26)48)22-25-23-32-40(52-25)41-35(43(32)17-9-4-10-18-43)34-33(53-41)21-24(42(34)15-7-3-8-16-42)20-30-38(50)28-12-5-6-13-29(28)39(30)51/h2,12-14,20-23H,3-11,15-19H2,1H3/b26-2+,27-14+,31-22-. The molecule has 7 aliphatic carbocycles. The van der Waals surface area contributed by atoms with Gasteiger partial charge in [0.05, 0.1) is 11.1 Å². The predicted octanol–water partition coefficient (Wildman–Crippen LogP) is 11.1. The van der Waals surface area contributed by atoms with Crippen molar-refractivity contribution >= 4 is 58.0 Å². The second-order valence-corrected chi connectivity index (χ2v) is 17.7. The molecule has 9 heteroatoms. The van der Waals surface area contributed by atoms with E-state index in [1.807, 2.05) is 18.2 Å². The number of fused-ring (bicyclic) bond motifs is 9. The number of rotatable bonds is 4. The molecule has 0 N–H and O–H groups in total. The molecule has 0 atom stereocenters. The van der Waals surface area contributed by atoms with E-state index in [9.17, 15) is 32.3 Å². The zero-order chi connectivity index (χ0) is 36.9. The van der Waals surface area contributed by atoms with Crippen molar-refractivity contribution in [2.24, 2.45) is 0 Å². The summed E-state index contributed by atoms with van der Waals surface area (Å²) in [5.74, 6) is -1.25. The SMILES string of the molecule is C/C=C1/C(=O)/C(=C/c2cc3c(s2)-c2sc4c(c2C32CCCCC2)C2(CCCCC2)C(C=C2C(=O)C3=CCCC=C3C2=O)=C4)C(=O)/C1=C/CCC(F)(F)F. The van der Waals surface area contributed by atoms with Crippen LogP contribution in [0.5, 0.6) is 0 Å². The average Bonchev–Trinajstić information content (AvgIpc) is 3.94. The van der Waals surface area contributed by atoms with Crippen molar-refractivity contribution < 1.29 is 32.3 Å². The average molecular weight is 753 g/mol. The highest BCUT2D eigenvalue weighted by Gasteiger charge is 2.55. The third kappa shape index (κ3) is 5.20. The van der Waals surface area contributed by atoms with Crippen molar-refractivity contribution in [3.8, 4) is 9.75 Å². The fraction of sp³-hybridized carbons (Fsp3) is 0.409. The molecular weight excluding hydrogens is 714 g/mol. The van der Waals surface area contributed by atoms with Crippen LogP contribution in [0.2, 0.25) is 0 Å². The zero-order valence-corrected chi connectivity index (χ0v) is 31.2. The van der Waals surface area contributed by atoms with E-state index in [1.54, 1.807) is 35.7 Å². The number of carbonyl (C=O) groups is 4. The molecule has 2 spiro atoms. The predicted molar refractivity (Wildman–Crippen MR) is 203 cm³/mol. The van der Waals surface area contributed by atoms with Crippen LogP contribution < -0.4 is 0 Å². The summed E-state index contributed by atoms with van der Waals surface area (Å²) in [7, 11) is 0. The molecule has 2 aromatic heterocycles. The molecule has 4 fully saturated rings. The van der Waals surface area contributed by atoms with E-state index in [-0.39, 0.29) is 45.5 Å². The summed E-state index contributed by atoms with van der Waals surface area (Å²) < 4.78 is 38.6. The van der Waals surface area contributed by atoms with E-state index in [0.717, 1.165) is 87.5 Å². The minimum Gasteiger partial charge on any atom is -0.288 e. The number of alkyl halides is 3. The summed E-state index contributed by atoms with van der Waals surface area (Å²) in [5, 5.41) is 0. The first kappa shape index (κ1) is 34.8. The lowest BCUT2D eigenvalue weighted by molar-refractivity contribution is -0.133. The number of hydrogen-bond acceptors (Lipinski definition) is 6. The summed E-state index contributed by atoms with van der Waals surface area (Å²) in [6, 6.07) is 2.16. The van der Waals surface area contributed by atoms with Gasteiger partial charge in [0.15, 0.2) is 23.1 Å². The van der Waals surface area contributed by atoms with Crippen molar-refractivity contribution in [3.05, 3.63) is 102 Å². The molecule has 7 aliphatic rings. The lowest BCUT2D eigenvalue weighted by atomic mass is 9.61. The maximum Gasteiger partial charge on any atom is 0.389 e. The molecule has 9 rings (SSSR count). The first-order chi connectivity index (χ1) is 25.5. The Labute approximate surface area is 314 Å². The summed E-state index contributed by atoms with van der Waals surface area (Å²) in [6.07, 6.45) is 18.9. The highest BCUT2D eigenvalue weighted by Crippen LogP contribution is 2.67. The smallest absolute Gasteiger partial charge is 0.288 e. The van der Waals surface area contributed by atoms with E-state index >= 15 is 0 Å². The van der Waals surface area contributed by atoms with Crippen LogP contribution in [0.1, 0.15) is 123 Å². The number of allylic oxidation sites excluding steroid dienone is 12. The molecule has 0 radical (unpaired) electrons. The Morgan fingerprint density at radius 2 is 1.30 bits per heavy atom. The van der Waals surface area contributed by atoms with Gasteiger partial charge >= 0.3 is 6.18 Å². The Morgan fingerprint density at radius 1 is 0.698 bits per heavy atom. The monoisotopic (exact) mass is 752 g/mol. The van der Waals surface area contributed by atoms with Crippen LogP contribution in [-0.4, -0.2) is 29.3 Å². The van der Waals surface area contributed by atoms with Gasteiger partial charge in [0.2, 0.25) is 0 Å². The fourth-order valence-electron chi connectivity index (χ4n) is 10.3. The van der Waals surface area contributed by atoms with Gasteiger partial charge in [-0.1, -0.05) is 62.8 Å². The molecule has 0 aromatic carbocycles. The number of carbonyl (C=O) groups excluding carboxylic acids is 4. The van der Waals surface area contributed by atoms with Crippen LogP contribution >= 0.6 is 22.7 Å². The van der Waals surface area contributed by atoms with Crippen LogP contribution in [0, 0.1) is 0 Å². The second kappa shape index (κ2) is 12.6. The van der Waals surface area contributed by atoms with Gasteiger partial charge in [-0.05, 0) is 98.4 Å². The molecule has 0 bridgehead atoms. The van der Waals surface area contributed by atoms with Crippen molar-refractivity contribution in [3.63, 3.8) is 0 Å². The summed E-state index contributed by atoms with van der Waals surface area (Å²) in [4.78, 5) is 58.6. The maximum absolute atomic E-state index is 13.6. The van der Waals surface area contributed by atoms with E-state index in [1.165, 1.54) is 43.5 Å². The van der Waals surface area contributed by atoms with Crippen LogP contribution in [0.3, 0.4) is 0 Å². The first-order valence-electron chi connectivity index (χ1n) is 19.0. The van der Waals surface area contributed by atoms with Crippen molar-refractivity contribution in [1.29, 1.82) is 0 Å². The van der Waals surface area contributed by atoms with Gasteiger partial charge in [0.25, 0.3) is 0 Å². The number of ketones is 4. The molecule has 0 unspecified atom stereocenters. The number of halogens is 3. The van der Waals surface area contributed by atoms with E-state index in [4.69, 9.17) is 0 Å². The van der Waals surface area contributed by atoms with E-state index in [0.29, 0.717) is 16.7 Å². The molecule has 272 valence electrons. The minimum absolute atomic E-state index is 0.00650. The van der Waals surface area contributed by atoms with Crippen molar-refractivity contribution in [2.45, 2.75) is 114 Å².